The molecule has 2 rings (SSSR count). The molecule has 0 aliphatic rings. The van der Waals surface area contributed by atoms with Gasteiger partial charge in [-0.1, -0.05) is 15.9 Å². The Morgan fingerprint density at radius 3 is 2.80 bits per heavy atom. The summed E-state index contributed by atoms with van der Waals surface area (Å²) in [5, 5.41) is 5.75. The summed E-state index contributed by atoms with van der Waals surface area (Å²) in [5.74, 6) is 0.296. The summed E-state index contributed by atoms with van der Waals surface area (Å²) in [6.45, 7) is 0. The van der Waals surface area contributed by atoms with Gasteiger partial charge in [0.1, 0.15) is 11.4 Å². The van der Waals surface area contributed by atoms with Crippen LogP contribution in [0.2, 0.25) is 0 Å². The fourth-order valence-electron chi connectivity index (χ4n) is 1.67. The van der Waals surface area contributed by atoms with Crippen LogP contribution in [0.15, 0.2) is 41.0 Å². The van der Waals surface area contributed by atoms with Crippen LogP contribution in [0.5, 0.6) is 5.75 Å². The molecule has 1 amide bonds. The maximum absolute atomic E-state index is 12.2. The van der Waals surface area contributed by atoms with Gasteiger partial charge in [0.2, 0.25) is 0 Å². The quantitative estimate of drug-likeness (QED) is 0.900. The van der Waals surface area contributed by atoms with Crippen LogP contribution in [0.1, 0.15) is 10.5 Å². The molecule has 0 spiro atoms. The van der Waals surface area contributed by atoms with Gasteiger partial charge in [0.25, 0.3) is 5.91 Å². The van der Waals surface area contributed by atoms with Crippen molar-refractivity contribution in [2.24, 2.45) is 0 Å². The number of nitrogens with one attached hydrogen (secondary N) is 2. The standard InChI is InChI=1S/C14H14BrN3O2/c1-16-10-5-6-17-12(8-10)14(19)18-11-7-9(15)3-4-13(11)20-2/h3-8H,1-2H3,(H,16,17)(H,18,19). The summed E-state index contributed by atoms with van der Waals surface area (Å²) >= 11 is 3.36. The first-order chi connectivity index (χ1) is 9.63. The Balaban J connectivity index is 2.25. The average molecular weight is 336 g/mol. The van der Waals surface area contributed by atoms with E-state index in [0.29, 0.717) is 17.1 Å². The number of hydrogen-bond donors (Lipinski definition) is 2. The van der Waals surface area contributed by atoms with E-state index in [4.69, 9.17) is 4.74 Å². The number of amides is 1. The lowest BCUT2D eigenvalue weighted by Gasteiger charge is -2.10. The van der Waals surface area contributed by atoms with Crippen LogP contribution >= 0.6 is 15.9 Å². The smallest absolute Gasteiger partial charge is 0.274 e. The second kappa shape index (κ2) is 6.38. The Kier molecular flexibility index (Phi) is 4.57. The number of carbonyl (C=O) groups is 1. The van der Waals surface area contributed by atoms with Crippen molar-refractivity contribution in [3.8, 4) is 5.75 Å². The third-order valence-electron chi connectivity index (χ3n) is 2.69. The molecule has 1 aromatic heterocycles. The minimum absolute atomic E-state index is 0.293. The van der Waals surface area contributed by atoms with Crippen molar-refractivity contribution in [3.63, 3.8) is 0 Å². The normalized spacial score (nSPS) is 9.95. The summed E-state index contributed by atoms with van der Waals surface area (Å²) in [7, 11) is 3.34. The molecule has 5 nitrogen and oxygen atoms in total. The predicted molar refractivity (Wildman–Crippen MR) is 82.4 cm³/mol. The molecule has 1 aromatic carbocycles. The van der Waals surface area contributed by atoms with Crippen LogP contribution in [0, 0.1) is 0 Å². The zero-order valence-electron chi connectivity index (χ0n) is 11.1. The summed E-state index contributed by atoms with van der Waals surface area (Å²) in [5.41, 5.74) is 1.74. The molecule has 2 N–H and O–H groups in total. The van der Waals surface area contributed by atoms with Gasteiger partial charge in [-0.3, -0.25) is 9.78 Å². The monoisotopic (exact) mass is 335 g/mol. The first kappa shape index (κ1) is 14.3. The SMILES string of the molecule is CNc1ccnc(C(=O)Nc2cc(Br)ccc2OC)c1. The molecule has 0 radical (unpaired) electrons. The van der Waals surface area contributed by atoms with E-state index in [2.05, 4.69) is 31.5 Å². The lowest BCUT2D eigenvalue weighted by Crippen LogP contribution is -2.14. The summed E-state index contributed by atoms with van der Waals surface area (Å²) < 4.78 is 6.07. The molecule has 0 saturated carbocycles. The highest BCUT2D eigenvalue weighted by Crippen LogP contribution is 2.28. The van der Waals surface area contributed by atoms with Gasteiger partial charge in [-0.15, -0.1) is 0 Å². The Hall–Kier alpha value is -2.08. The number of pyridine rings is 1. The molecule has 2 aromatic rings. The predicted octanol–water partition coefficient (Wildman–Crippen LogP) is 3.15. The number of rotatable bonds is 4. The van der Waals surface area contributed by atoms with Gasteiger partial charge in [0.05, 0.1) is 12.8 Å². The Bertz CT molecular complexity index is 632. The van der Waals surface area contributed by atoms with Gasteiger partial charge in [-0.25, -0.2) is 0 Å². The van der Waals surface area contributed by atoms with E-state index in [1.165, 1.54) is 0 Å². The molecule has 0 atom stereocenters. The number of benzene rings is 1. The number of ether oxygens (including phenoxy) is 1. The van der Waals surface area contributed by atoms with E-state index in [-0.39, 0.29) is 5.91 Å². The van der Waals surface area contributed by atoms with Gasteiger partial charge in [-0.2, -0.15) is 0 Å². The minimum Gasteiger partial charge on any atom is -0.495 e. The maximum atomic E-state index is 12.2. The highest BCUT2D eigenvalue weighted by molar-refractivity contribution is 9.10. The average Bonchev–Trinajstić information content (AvgIpc) is 2.47. The summed E-state index contributed by atoms with van der Waals surface area (Å²) in [6.07, 6.45) is 1.58. The van der Waals surface area contributed by atoms with E-state index in [0.717, 1.165) is 10.2 Å². The molecular formula is C14H14BrN3O2. The van der Waals surface area contributed by atoms with E-state index in [1.807, 2.05) is 6.07 Å². The van der Waals surface area contributed by atoms with Crippen LogP contribution in [-0.2, 0) is 0 Å². The number of anilines is 2. The number of halogens is 1. The van der Waals surface area contributed by atoms with Gasteiger partial charge >= 0.3 is 0 Å². The van der Waals surface area contributed by atoms with Crippen LogP contribution in [0.25, 0.3) is 0 Å². The number of carbonyl (C=O) groups excluding carboxylic acids is 1. The molecule has 0 bridgehead atoms. The zero-order chi connectivity index (χ0) is 14.5. The molecule has 6 heteroatoms. The first-order valence-electron chi connectivity index (χ1n) is 5.92. The van der Waals surface area contributed by atoms with Gasteiger partial charge in [0, 0.05) is 23.4 Å². The van der Waals surface area contributed by atoms with Crippen molar-refractivity contribution in [2.75, 3.05) is 24.8 Å². The van der Waals surface area contributed by atoms with E-state index in [1.54, 1.807) is 44.6 Å². The van der Waals surface area contributed by atoms with Crippen LogP contribution in [0.4, 0.5) is 11.4 Å². The maximum Gasteiger partial charge on any atom is 0.274 e. The fraction of sp³-hybridized carbons (Fsp3) is 0.143. The van der Waals surface area contributed by atoms with Crippen molar-refractivity contribution in [1.29, 1.82) is 0 Å². The van der Waals surface area contributed by atoms with Gasteiger partial charge in [0.15, 0.2) is 0 Å². The number of methoxy groups -OCH3 is 1. The van der Waals surface area contributed by atoms with Gasteiger partial charge in [-0.05, 0) is 30.3 Å². The molecule has 0 unspecified atom stereocenters. The number of aromatic nitrogens is 1. The van der Waals surface area contributed by atoms with Crippen molar-refractivity contribution >= 4 is 33.2 Å². The second-order valence-corrected chi connectivity index (χ2v) is 4.89. The topological polar surface area (TPSA) is 63.2 Å². The molecule has 0 saturated heterocycles. The highest BCUT2D eigenvalue weighted by atomic mass is 79.9. The lowest BCUT2D eigenvalue weighted by molar-refractivity contribution is 0.102. The molecule has 20 heavy (non-hydrogen) atoms. The highest BCUT2D eigenvalue weighted by Gasteiger charge is 2.11. The van der Waals surface area contributed by atoms with Crippen LogP contribution in [0.3, 0.4) is 0 Å². The zero-order valence-corrected chi connectivity index (χ0v) is 12.7. The third-order valence-corrected chi connectivity index (χ3v) is 3.18. The van der Waals surface area contributed by atoms with Crippen molar-refractivity contribution in [1.82, 2.24) is 4.98 Å². The number of nitrogens with zero attached hydrogens (tertiary/aromatic N) is 1. The molecule has 0 fully saturated rings. The van der Waals surface area contributed by atoms with Crippen molar-refractivity contribution < 1.29 is 9.53 Å². The van der Waals surface area contributed by atoms with E-state index >= 15 is 0 Å². The van der Waals surface area contributed by atoms with Crippen LogP contribution in [-0.4, -0.2) is 25.0 Å². The Morgan fingerprint density at radius 1 is 1.30 bits per heavy atom. The molecular weight excluding hydrogens is 322 g/mol. The molecule has 0 aliphatic carbocycles. The lowest BCUT2D eigenvalue weighted by atomic mass is 10.2. The summed E-state index contributed by atoms with van der Waals surface area (Å²) in [4.78, 5) is 16.2. The fourth-order valence-corrected chi connectivity index (χ4v) is 2.04. The van der Waals surface area contributed by atoms with E-state index in [9.17, 15) is 4.79 Å². The largest absolute Gasteiger partial charge is 0.495 e. The third kappa shape index (κ3) is 3.27. The summed E-state index contributed by atoms with van der Waals surface area (Å²) in [6, 6.07) is 8.86. The van der Waals surface area contributed by atoms with E-state index < -0.39 is 0 Å². The molecule has 1 heterocycles. The molecule has 0 aliphatic heterocycles. The second-order valence-electron chi connectivity index (χ2n) is 3.98. The molecule has 104 valence electrons. The van der Waals surface area contributed by atoms with Gasteiger partial charge < -0.3 is 15.4 Å². The Labute approximate surface area is 125 Å². The number of hydrogen-bond acceptors (Lipinski definition) is 4. The first-order valence-corrected chi connectivity index (χ1v) is 6.72. The van der Waals surface area contributed by atoms with Crippen LogP contribution < -0.4 is 15.4 Å². The van der Waals surface area contributed by atoms with Crippen molar-refractivity contribution in [2.45, 2.75) is 0 Å². The Morgan fingerprint density at radius 2 is 2.10 bits per heavy atom. The van der Waals surface area contributed by atoms with Crippen molar-refractivity contribution in [3.05, 3.63) is 46.7 Å². The minimum atomic E-state index is -0.293.